The molecule has 270 valence electrons. The smallest absolute Gasteiger partial charge is 0.303 e. The SMILES string of the molecule is CN1CCC(N2CCN(C(=O)[C@H](NC(=O)c3ccc4cc[nH]c4c3)c3ccccc3)CC2)CC1.O=C(O)CCC(=O)O.O=C(O)CCC(=O)O. The first-order valence-corrected chi connectivity index (χ1v) is 16.4. The third-order valence-electron chi connectivity index (χ3n) is 8.41. The number of hydrogen-bond acceptors (Lipinski definition) is 8. The van der Waals surface area contributed by atoms with Gasteiger partial charge in [0, 0.05) is 49.5 Å². The molecule has 5 rings (SSSR count). The summed E-state index contributed by atoms with van der Waals surface area (Å²) in [6.07, 6.45) is 3.06. The number of H-pyrrole nitrogens is 1. The molecule has 15 nitrogen and oxygen atoms in total. The molecule has 2 amide bonds. The maximum Gasteiger partial charge on any atom is 0.303 e. The van der Waals surface area contributed by atoms with Crippen molar-refractivity contribution < 1.29 is 49.2 Å². The van der Waals surface area contributed by atoms with Crippen molar-refractivity contribution in [2.24, 2.45) is 0 Å². The van der Waals surface area contributed by atoms with Gasteiger partial charge in [-0.3, -0.25) is 33.7 Å². The van der Waals surface area contributed by atoms with Crippen LogP contribution in [0.3, 0.4) is 0 Å². The molecule has 6 N–H and O–H groups in total. The minimum absolute atomic E-state index is 0.0384. The summed E-state index contributed by atoms with van der Waals surface area (Å²) < 4.78 is 0. The fraction of sp³-hybridized carbons (Fsp3) is 0.429. The van der Waals surface area contributed by atoms with E-state index in [1.807, 2.05) is 59.6 Å². The Bertz CT molecular complexity index is 1540. The lowest BCUT2D eigenvalue weighted by Gasteiger charge is -2.42. The van der Waals surface area contributed by atoms with E-state index in [0.717, 1.165) is 42.6 Å². The van der Waals surface area contributed by atoms with Crippen LogP contribution in [0.15, 0.2) is 60.8 Å². The van der Waals surface area contributed by atoms with Crippen LogP contribution in [0.1, 0.15) is 60.5 Å². The van der Waals surface area contributed by atoms with Crippen molar-refractivity contribution in [2.75, 3.05) is 46.3 Å². The molecule has 0 bridgehead atoms. The second-order valence-electron chi connectivity index (χ2n) is 12.1. The molecule has 2 saturated heterocycles. The Morgan fingerprint density at radius 1 is 0.740 bits per heavy atom. The van der Waals surface area contributed by atoms with E-state index in [0.29, 0.717) is 24.7 Å². The summed E-state index contributed by atoms with van der Waals surface area (Å²) >= 11 is 0. The van der Waals surface area contributed by atoms with Crippen LogP contribution >= 0.6 is 0 Å². The number of benzene rings is 2. The first kappa shape index (κ1) is 39.2. The molecule has 15 heteroatoms. The van der Waals surface area contributed by atoms with E-state index in [1.165, 1.54) is 12.8 Å². The number of piperidine rings is 1. The number of hydrogen-bond donors (Lipinski definition) is 6. The average molecular weight is 696 g/mol. The minimum atomic E-state index is -1.08. The number of amides is 2. The molecule has 2 aromatic carbocycles. The predicted octanol–water partition coefficient (Wildman–Crippen LogP) is 2.75. The standard InChI is InChI=1S/C27H33N5O2.2C4H6O4/c1-30-13-10-23(11-14-30)31-15-17-32(18-16-31)27(34)25(21-5-3-2-4-6-21)29-26(33)22-8-7-20-9-12-28-24(20)19-22;2*5-3(6)1-2-4(7)8/h2-9,12,19,23,25,28H,10-11,13-18H2,1H3,(H,29,33);2*1-2H2,(H,5,6)(H,7,8)/t25-;;/m1../s1. The van der Waals surface area contributed by atoms with Crippen LogP contribution in [0.5, 0.6) is 0 Å². The van der Waals surface area contributed by atoms with Gasteiger partial charge in [0.1, 0.15) is 6.04 Å². The first-order chi connectivity index (χ1) is 23.8. The fourth-order valence-electron chi connectivity index (χ4n) is 5.61. The Labute approximate surface area is 289 Å². The first-order valence-electron chi connectivity index (χ1n) is 16.4. The van der Waals surface area contributed by atoms with E-state index >= 15 is 0 Å². The summed E-state index contributed by atoms with van der Waals surface area (Å²) in [6, 6.07) is 17.0. The van der Waals surface area contributed by atoms with Gasteiger partial charge >= 0.3 is 23.9 Å². The van der Waals surface area contributed by atoms with Gasteiger partial charge in [-0.25, -0.2) is 0 Å². The molecule has 3 aromatic rings. The van der Waals surface area contributed by atoms with E-state index in [9.17, 15) is 28.8 Å². The van der Waals surface area contributed by atoms with Crippen LogP contribution in [0, 0.1) is 0 Å². The number of likely N-dealkylation sites (tertiary alicyclic amines) is 1. The molecule has 0 aliphatic carbocycles. The zero-order valence-electron chi connectivity index (χ0n) is 28.0. The molecule has 0 unspecified atom stereocenters. The number of carbonyl (C=O) groups excluding carboxylic acids is 2. The molecule has 0 radical (unpaired) electrons. The van der Waals surface area contributed by atoms with Crippen LogP contribution in [-0.4, -0.2) is 128 Å². The molecule has 1 atom stereocenters. The lowest BCUT2D eigenvalue weighted by Crippen LogP contribution is -2.55. The molecular formula is C35H45N5O10. The van der Waals surface area contributed by atoms with Crippen molar-refractivity contribution in [3.63, 3.8) is 0 Å². The second kappa shape index (κ2) is 19.7. The number of fused-ring (bicyclic) bond motifs is 1. The van der Waals surface area contributed by atoms with Crippen LogP contribution < -0.4 is 5.32 Å². The molecular weight excluding hydrogens is 650 g/mol. The third kappa shape index (κ3) is 13.0. The second-order valence-corrected chi connectivity index (χ2v) is 12.1. The van der Waals surface area contributed by atoms with Gasteiger partial charge in [0.15, 0.2) is 0 Å². The number of nitrogens with zero attached hydrogens (tertiary/aromatic N) is 3. The van der Waals surface area contributed by atoms with Crippen molar-refractivity contribution in [3.8, 4) is 0 Å². The van der Waals surface area contributed by atoms with E-state index in [2.05, 4.69) is 27.1 Å². The topological polar surface area (TPSA) is 221 Å². The van der Waals surface area contributed by atoms with Crippen molar-refractivity contribution in [2.45, 2.75) is 50.6 Å². The highest BCUT2D eigenvalue weighted by Crippen LogP contribution is 2.22. The van der Waals surface area contributed by atoms with E-state index < -0.39 is 29.9 Å². The van der Waals surface area contributed by atoms with Gasteiger partial charge in [0.2, 0.25) is 5.91 Å². The Morgan fingerprint density at radius 2 is 1.28 bits per heavy atom. The molecule has 2 fully saturated rings. The molecule has 1 aromatic heterocycles. The van der Waals surface area contributed by atoms with Gasteiger partial charge in [-0.05, 0) is 62.1 Å². The third-order valence-corrected chi connectivity index (χ3v) is 8.41. The van der Waals surface area contributed by atoms with Crippen molar-refractivity contribution in [1.82, 2.24) is 25.0 Å². The molecule has 50 heavy (non-hydrogen) atoms. The number of carbonyl (C=O) groups is 6. The maximum atomic E-state index is 13.6. The summed E-state index contributed by atoms with van der Waals surface area (Å²) in [7, 11) is 2.18. The fourth-order valence-corrected chi connectivity index (χ4v) is 5.61. The van der Waals surface area contributed by atoms with Gasteiger partial charge in [-0.1, -0.05) is 36.4 Å². The molecule has 0 saturated carbocycles. The predicted molar refractivity (Wildman–Crippen MR) is 183 cm³/mol. The molecule has 0 spiro atoms. The number of nitrogens with one attached hydrogen (secondary N) is 2. The van der Waals surface area contributed by atoms with Crippen molar-refractivity contribution >= 4 is 46.6 Å². The van der Waals surface area contributed by atoms with Gasteiger partial charge < -0.3 is 40.5 Å². The Morgan fingerprint density at radius 3 is 1.80 bits per heavy atom. The molecule has 3 heterocycles. The van der Waals surface area contributed by atoms with Crippen LogP contribution in [0.25, 0.3) is 10.9 Å². The van der Waals surface area contributed by atoms with E-state index in [4.69, 9.17) is 20.4 Å². The monoisotopic (exact) mass is 695 g/mol. The maximum absolute atomic E-state index is 13.6. The number of aliphatic carboxylic acids is 4. The summed E-state index contributed by atoms with van der Waals surface area (Å²) in [4.78, 5) is 75.3. The van der Waals surface area contributed by atoms with Crippen molar-refractivity contribution in [3.05, 3.63) is 71.9 Å². The minimum Gasteiger partial charge on any atom is -0.481 e. The van der Waals surface area contributed by atoms with Gasteiger partial charge in [-0.15, -0.1) is 0 Å². The molecule has 2 aliphatic rings. The van der Waals surface area contributed by atoms with E-state index in [1.54, 1.807) is 6.07 Å². The van der Waals surface area contributed by atoms with Crippen molar-refractivity contribution in [1.29, 1.82) is 0 Å². The number of aromatic nitrogens is 1. The van der Waals surface area contributed by atoms with Gasteiger partial charge in [-0.2, -0.15) is 0 Å². The van der Waals surface area contributed by atoms with Gasteiger partial charge in [0.25, 0.3) is 5.91 Å². The highest BCUT2D eigenvalue weighted by atomic mass is 16.4. The summed E-state index contributed by atoms with van der Waals surface area (Å²) in [6.45, 7) is 5.44. The Balaban J connectivity index is 0.000000352. The van der Waals surface area contributed by atoms with Gasteiger partial charge in [0.05, 0.1) is 25.7 Å². The highest BCUT2D eigenvalue weighted by Gasteiger charge is 2.32. The highest BCUT2D eigenvalue weighted by molar-refractivity contribution is 6.00. The lowest BCUT2D eigenvalue weighted by atomic mass is 10.0. The number of carboxylic acids is 4. The molecule has 2 aliphatic heterocycles. The summed E-state index contributed by atoms with van der Waals surface area (Å²) in [5, 5.41) is 35.7. The van der Waals surface area contributed by atoms with E-state index in [-0.39, 0.29) is 37.5 Å². The zero-order valence-corrected chi connectivity index (χ0v) is 28.0. The Kier molecular flexibility index (Phi) is 15.4. The van der Waals surface area contributed by atoms with Crippen LogP contribution in [0.2, 0.25) is 0 Å². The largest absolute Gasteiger partial charge is 0.481 e. The quantitative estimate of drug-likeness (QED) is 0.171. The zero-order chi connectivity index (χ0) is 36.6. The average Bonchev–Trinajstić information content (AvgIpc) is 3.58. The number of rotatable bonds is 11. The summed E-state index contributed by atoms with van der Waals surface area (Å²) in [5.41, 5.74) is 2.25. The number of piperazine rings is 1. The number of aromatic amines is 1. The Hall–Kier alpha value is -5.28. The van der Waals surface area contributed by atoms with Crippen LogP contribution in [0.4, 0.5) is 0 Å². The summed E-state index contributed by atoms with van der Waals surface area (Å²) in [5.74, 6) is -4.59. The van der Waals surface area contributed by atoms with Crippen LogP contribution in [-0.2, 0) is 24.0 Å². The lowest BCUT2D eigenvalue weighted by molar-refractivity contribution is -0.143. The number of carboxylic acid groups (broad SMARTS) is 4. The normalized spacial score (nSPS) is 15.8.